The fourth-order valence-electron chi connectivity index (χ4n) is 2.20. The van der Waals surface area contributed by atoms with Crippen molar-refractivity contribution in [3.63, 3.8) is 0 Å². The molecule has 0 aromatic heterocycles. The van der Waals surface area contributed by atoms with Gasteiger partial charge in [0.05, 0.1) is 17.0 Å². The smallest absolute Gasteiger partial charge is 0.170 e. The number of Topliss-reactive ketones (excluding diaryl/α,β-unsaturated/α-hetero) is 1. The predicted molar refractivity (Wildman–Crippen MR) is 77.9 cm³/mol. The fourth-order valence-corrected chi connectivity index (χ4v) is 2.71. The third-order valence-electron chi connectivity index (χ3n) is 3.20. The Bertz CT molecular complexity index is 702. The molecule has 0 spiro atoms. The molecule has 0 saturated carbocycles. The highest BCUT2D eigenvalue weighted by Gasteiger charge is 2.28. The van der Waals surface area contributed by atoms with Crippen LogP contribution < -0.4 is 4.74 Å². The lowest BCUT2D eigenvalue weighted by atomic mass is 9.96. The molecule has 102 valence electrons. The molecule has 0 fully saturated rings. The van der Waals surface area contributed by atoms with Crippen LogP contribution in [0, 0.1) is 5.82 Å². The molecule has 1 unspecified atom stereocenters. The van der Waals surface area contributed by atoms with Crippen molar-refractivity contribution in [2.75, 3.05) is 0 Å². The Balaban J connectivity index is 1.98. The van der Waals surface area contributed by atoms with E-state index in [-0.39, 0.29) is 18.0 Å². The molecule has 0 radical (unpaired) electrons. The first kappa shape index (κ1) is 13.6. The standard InChI is InChI=1S/C15H9BrClFO2/c16-11-5-8(1-4-12(11)17)14-7-13(19)10-3-2-9(18)6-15(10)20-14/h1-6,14H,7H2. The Morgan fingerprint density at radius 1 is 1.25 bits per heavy atom. The number of fused-ring (bicyclic) bond motifs is 1. The van der Waals surface area contributed by atoms with Crippen LogP contribution in [0.25, 0.3) is 0 Å². The minimum Gasteiger partial charge on any atom is -0.484 e. The zero-order valence-electron chi connectivity index (χ0n) is 10.2. The van der Waals surface area contributed by atoms with Gasteiger partial charge < -0.3 is 4.74 Å². The summed E-state index contributed by atoms with van der Waals surface area (Å²) in [6.45, 7) is 0. The van der Waals surface area contributed by atoms with Crippen LogP contribution in [0.2, 0.25) is 5.02 Å². The fraction of sp³-hybridized carbons (Fsp3) is 0.133. The highest BCUT2D eigenvalue weighted by atomic mass is 79.9. The summed E-state index contributed by atoms with van der Waals surface area (Å²) in [5, 5.41) is 0.585. The molecule has 5 heteroatoms. The van der Waals surface area contributed by atoms with Crippen molar-refractivity contribution in [2.24, 2.45) is 0 Å². The third-order valence-corrected chi connectivity index (χ3v) is 4.41. The first-order valence-corrected chi connectivity index (χ1v) is 7.16. The van der Waals surface area contributed by atoms with Crippen LogP contribution in [0.3, 0.4) is 0 Å². The highest BCUT2D eigenvalue weighted by Crippen LogP contribution is 2.36. The van der Waals surface area contributed by atoms with Crippen molar-refractivity contribution < 1.29 is 13.9 Å². The number of benzene rings is 2. The number of ether oxygens (including phenoxy) is 1. The number of carbonyl (C=O) groups is 1. The first-order valence-electron chi connectivity index (χ1n) is 5.99. The second-order valence-corrected chi connectivity index (χ2v) is 5.81. The normalized spacial score (nSPS) is 17.6. The van der Waals surface area contributed by atoms with Crippen LogP contribution in [0.5, 0.6) is 5.75 Å². The van der Waals surface area contributed by atoms with Crippen molar-refractivity contribution >= 4 is 33.3 Å². The van der Waals surface area contributed by atoms with Gasteiger partial charge in [0.25, 0.3) is 0 Å². The molecule has 1 aliphatic rings. The van der Waals surface area contributed by atoms with Gasteiger partial charge in [0.2, 0.25) is 0 Å². The molecule has 0 amide bonds. The first-order chi connectivity index (χ1) is 9.54. The lowest BCUT2D eigenvalue weighted by Gasteiger charge is -2.25. The summed E-state index contributed by atoms with van der Waals surface area (Å²) in [4.78, 5) is 12.1. The van der Waals surface area contributed by atoms with E-state index in [4.69, 9.17) is 16.3 Å². The van der Waals surface area contributed by atoms with E-state index < -0.39 is 11.9 Å². The summed E-state index contributed by atoms with van der Waals surface area (Å²) >= 11 is 9.28. The maximum atomic E-state index is 13.3. The van der Waals surface area contributed by atoms with Gasteiger partial charge in [0.15, 0.2) is 5.78 Å². The van der Waals surface area contributed by atoms with E-state index >= 15 is 0 Å². The highest BCUT2D eigenvalue weighted by molar-refractivity contribution is 9.10. The Morgan fingerprint density at radius 2 is 2.05 bits per heavy atom. The van der Waals surface area contributed by atoms with Gasteiger partial charge in [-0.15, -0.1) is 0 Å². The van der Waals surface area contributed by atoms with E-state index in [1.165, 1.54) is 18.2 Å². The number of rotatable bonds is 1. The largest absolute Gasteiger partial charge is 0.484 e. The van der Waals surface area contributed by atoms with E-state index in [0.29, 0.717) is 10.6 Å². The van der Waals surface area contributed by atoms with Crippen molar-refractivity contribution in [1.29, 1.82) is 0 Å². The molecule has 0 bridgehead atoms. The summed E-state index contributed by atoms with van der Waals surface area (Å²) < 4.78 is 19.7. The van der Waals surface area contributed by atoms with Crippen LogP contribution in [0.4, 0.5) is 4.39 Å². The summed E-state index contributed by atoms with van der Waals surface area (Å²) in [6.07, 6.45) is -0.197. The van der Waals surface area contributed by atoms with Crippen molar-refractivity contribution in [3.05, 3.63) is 62.8 Å². The molecule has 3 rings (SSSR count). The average Bonchev–Trinajstić information content (AvgIpc) is 2.41. The molecular formula is C15H9BrClFO2. The van der Waals surface area contributed by atoms with Gasteiger partial charge >= 0.3 is 0 Å². The summed E-state index contributed by atoms with van der Waals surface area (Å²) in [5.41, 5.74) is 1.25. The molecule has 0 aliphatic carbocycles. The van der Waals surface area contributed by atoms with Gasteiger partial charge in [-0.05, 0) is 45.8 Å². The van der Waals surface area contributed by atoms with Crippen LogP contribution in [-0.2, 0) is 0 Å². The number of hydrogen-bond acceptors (Lipinski definition) is 2. The van der Waals surface area contributed by atoms with E-state index in [0.717, 1.165) is 10.0 Å². The van der Waals surface area contributed by atoms with Gasteiger partial charge in [0.1, 0.15) is 17.7 Å². The molecule has 1 aliphatic heterocycles. The van der Waals surface area contributed by atoms with Crippen LogP contribution in [0.15, 0.2) is 40.9 Å². The number of hydrogen-bond donors (Lipinski definition) is 0. The number of carbonyl (C=O) groups excluding carboxylic acids is 1. The quantitative estimate of drug-likeness (QED) is 0.723. The topological polar surface area (TPSA) is 26.3 Å². The predicted octanol–water partition coefficient (Wildman–Crippen LogP) is 4.95. The SMILES string of the molecule is O=C1CC(c2ccc(Cl)c(Br)c2)Oc2cc(F)ccc21. The minimum absolute atomic E-state index is 0.0534. The van der Waals surface area contributed by atoms with Crippen LogP contribution >= 0.6 is 27.5 Å². The molecule has 2 aromatic rings. The lowest BCUT2D eigenvalue weighted by Crippen LogP contribution is -2.20. The number of ketones is 1. The van der Waals surface area contributed by atoms with Gasteiger partial charge in [-0.25, -0.2) is 4.39 Å². The summed E-state index contributed by atoms with van der Waals surface area (Å²) in [6, 6.07) is 9.31. The average molecular weight is 356 g/mol. The lowest BCUT2D eigenvalue weighted by molar-refractivity contribution is 0.0849. The Kier molecular flexibility index (Phi) is 3.52. The van der Waals surface area contributed by atoms with Crippen molar-refractivity contribution in [1.82, 2.24) is 0 Å². The summed E-state index contributed by atoms with van der Waals surface area (Å²) in [7, 11) is 0. The second-order valence-electron chi connectivity index (χ2n) is 4.55. The van der Waals surface area contributed by atoms with E-state index in [9.17, 15) is 9.18 Å². The monoisotopic (exact) mass is 354 g/mol. The number of halogens is 3. The van der Waals surface area contributed by atoms with E-state index in [1.807, 2.05) is 6.07 Å². The Morgan fingerprint density at radius 3 is 2.80 bits per heavy atom. The third kappa shape index (κ3) is 2.45. The zero-order valence-corrected chi connectivity index (χ0v) is 12.5. The molecule has 20 heavy (non-hydrogen) atoms. The molecular weight excluding hydrogens is 347 g/mol. The van der Waals surface area contributed by atoms with Crippen molar-refractivity contribution in [3.8, 4) is 5.75 Å². The Labute approximate surface area is 128 Å². The van der Waals surface area contributed by atoms with Crippen LogP contribution in [-0.4, -0.2) is 5.78 Å². The van der Waals surface area contributed by atoms with E-state index in [2.05, 4.69) is 15.9 Å². The van der Waals surface area contributed by atoms with Gasteiger partial charge in [0, 0.05) is 10.5 Å². The molecule has 0 N–H and O–H groups in total. The minimum atomic E-state index is -0.426. The Hall–Kier alpha value is -1.39. The molecule has 0 saturated heterocycles. The van der Waals surface area contributed by atoms with Gasteiger partial charge in [-0.3, -0.25) is 4.79 Å². The van der Waals surface area contributed by atoms with E-state index in [1.54, 1.807) is 12.1 Å². The maximum absolute atomic E-state index is 13.3. The van der Waals surface area contributed by atoms with Crippen LogP contribution in [0.1, 0.15) is 28.4 Å². The summed E-state index contributed by atoms with van der Waals surface area (Å²) in [5.74, 6) is -0.186. The maximum Gasteiger partial charge on any atom is 0.170 e. The second kappa shape index (κ2) is 5.19. The molecule has 1 atom stereocenters. The molecule has 2 aromatic carbocycles. The zero-order chi connectivity index (χ0) is 14.3. The van der Waals surface area contributed by atoms with Crippen molar-refractivity contribution in [2.45, 2.75) is 12.5 Å². The van der Waals surface area contributed by atoms with Gasteiger partial charge in [-0.2, -0.15) is 0 Å². The van der Waals surface area contributed by atoms with Gasteiger partial charge in [-0.1, -0.05) is 17.7 Å². The molecule has 2 nitrogen and oxygen atoms in total. The molecule has 1 heterocycles.